The minimum absolute atomic E-state index is 0.0357. The molecule has 0 radical (unpaired) electrons. The summed E-state index contributed by atoms with van der Waals surface area (Å²) in [5.74, 6) is 1.28. The van der Waals surface area contributed by atoms with Crippen molar-refractivity contribution in [2.24, 2.45) is 5.92 Å². The molecule has 0 aliphatic carbocycles. The van der Waals surface area contributed by atoms with Gasteiger partial charge in [0, 0.05) is 24.0 Å². The Morgan fingerprint density at radius 3 is 2.80 bits per heavy atom. The molecule has 0 saturated heterocycles. The minimum Gasteiger partial charge on any atom is -0.355 e. The van der Waals surface area contributed by atoms with Crippen molar-refractivity contribution >= 4 is 28.3 Å². The topological polar surface area (TPSA) is 39.9 Å². The quantitative estimate of drug-likeness (QED) is 0.782. The number of fused-ring (bicyclic) bond motifs is 1. The molecule has 2 aromatic rings. The van der Waals surface area contributed by atoms with Gasteiger partial charge in [-0.25, -0.2) is 4.98 Å². The molecule has 1 aromatic heterocycles. The Morgan fingerprint density at radius 1 is 1.40 bits per heavy atom. The number of hydrogen-bond acceptors (Lipinski definition) is 3. The number of nitriles is 1. The molecular weight excluding hydrogens is 270 g/mol. The van der Waals surface area contributed by atoms with Crippen molar-refractivity contribution in [3.8, 4) is 6.07 Å². The number of para-hydroxylation sites is 1. The van der Waals surface area contributed by atoms with Gasteiger partial charge in [0.1, 0.15) is 5.82 Å². The Bertz CT molecular complexity index is 633. The fourth-order valence-electron chi connectivity index (χ4n) is 2.26. The second-order valence-corrected chi connectivity index (χ2v) is 5.13. The van der Waals surface area contributed by atoms with Crippen molar-refractivity contribution in [3.63, 3.8) is 0 Å². The fourth-order valence-corrected chi connectivity index (χ4v) is 2.46. The lowest BCUT2D eigenvalue weighted by Gasteiger charge is -2.25. The van der Waals surface area contributed by atoms with E-state index in [0.29, 0.717) is 12.4 Å². The number of hydrogen-bond donors (Lipinski definition) is 0. The first-order valence-electron chi connectivity index (χ1n) is 6.78. The molecule has 20 heavy (non-hydrogen) atoms. The van der Waals surface area contributed by atoms with Crippen LogP contribution in [0.2, 0.25) is 0 Å². The Labute approximate surface area is 124 Å². The van der Waals surface area contributed by atoms with Gasteiger partial charge in [-0.05, 0) is 26.0 Å². The van der Waals surface area contributed by atoms with Gasteiger partial charge in [0.05, 0.1) is 23.4 Å². The van der Waals surface area contributed by atoms with E-state index in [1.54, 1.807) is 0 Å². The average molecular weight is 288 g/mol. The lowest BCUT2D eigenvalue weighted by molar-refractivity contribution is 0.678. The highest BCUT2D eigenvalue weighted by Gasteiger charge is 2.15. The first-order valence-corrected chi connectivity index (χ1v) is 7.32. The van der Waals surface area contributed by atoms with E-state index in [1.807, 2.05) is 31.2 Å². The average Bonchev–Trinajstić information content (AvgIpc) is 2.50. The number of pyridine rings is 1. The third-order valence-corrected chi connectivity index (χ3v) is 3.61. The summed E-state index contributed by atoms with van der Waals surface area (Å²) in [5.41, 5.74) is 1.97. The number of nitrogens with zero attached hydrogens (tertiary/aromatic N) is 3. The van der Waals surface area contributed by atoms with Gasteiger partial charge in [-0.2, -0.15) is 5.26 Å². The molecule has 1 aromatic carbocycles. The van der Waals surface area contributed by atoms with Crippen LogP contribution in [0.4, 0.5) is 5.82 Å². The van der Waals surface area contributed by atoms with Crippen LogP contribution in [0.1, 0.15) is 19.4 Å². The molecule has 0 spiro atoms. The highest BCUT2D eigenvalue weighted by molar-refractivity contribution is 6.17. The van der Waals surface area contributed by atoms with Crippen LogP contribution in [0.25, 0.3) is 10.9 Å². The lowest BCUT2D eigenvalue weighted by atomic mass is 10.1. The van der Waals surface area contributed by atoms with E-state index in [2.05, 4.69) is 24.0 Å². The summed E-state index contributed by atoms with van der Waals surface area (Å²) in [5, 5.41) is 10.1. The van der Waals surface area contributed by atoms with Gasteiger partial charge in [-0.15, -0.1) is 11.6 Å². The predicted octanol–water partition coefficient (Wildman–Crippen LogP) is 3.96. The SMILES string of the molecule is CCN(CC(C)C#N)c1nc2ccccc2cc1CCl. The van der Waals surface area contributed by atoms with Crippen LogP contribution < -0.4 is 4.90 Å². The number of anilines is 1. The third kappa shape index (κ3) is 3.02. The van der Waals surface area contributed by atoms with Crippen LogP contribution in [0.5, 0.6) is 0 Å². The maximum atomic E-state index is 9.00. The molecule has 0 fully saturated rings. The van der Waals surface area contributed by atoms with E-state index in [9.17, 15) is 0 Å². The maximum absolute atomic E-state index is 9.00. The molecule has 1 heterocycles. The molecule has 1 atom stereocenters. The van der Waals surface area contributed by atoms with Gasteiger partial charge in [0.2, 0.25) is 0 Å². The monoisotopic (exact) mass is 287 g/mol. The van der Waals surface area contributed by atoms with Crippen LogP contribution in [0.3, 0.4) is 0 Å². The molecule has 0 bridgehead atoms. The van der Waals surface area contributed by atoms with Gasteiger partial charge < -0.3 is 4.90 Å². The van der Waals surface area contributed by atoms with Gasteiger partial charge in [-0.1, -0.05) is 18.2 Å². The lowest BCUT2D eigenvalue weighted by Crippen LogP contribution is -2.29. The van der Waals surface area contributed by atoms with Gasteiger partial charge in [0.15, 0.2) is 0 Å². The van der Waals surface area contributed by atoms with Crippen molar-refractivity contribution in [2.45, 2.75) is 19.7 Å². The standard InChI is InChI=1S/C16H18ClN3/c1-3-20(11-12(2)10-18)16-14(9-17)8-13-6-4-5-7-15(13)19-16/h4-8,12H,3,9,11H2,1-2H3. The molecule has 0 saturated carbocycles. The van der Waals surface area contributed by atoms with E-state index in [-0.39, 0.29) is 5.92 Å². The molecule has 1 unspecified atom stereocenters. The highest BCUT2D eigenvalue weighted by atomic mass is 35.5. The normalized spacial score (nSPS) is 12.1. The van der Waals surface area contributed by atoms with Crippen LogP contribution in [0, 0.1) is 17.2 Å². The Kier molecular flexibility index (Phi) is 4.81. The van der Waals surface area contributed by atoms with Crippen molar-refractivity contribution < 1.29 is 0 Å². The predicted molar refractivity (Wildman–Crippen MR) is 84.0 cm³/mol. The summed E-state index contributed by atoms with van der Waals surface area (Å²) >= 11 is 6.07. The second kappa shape index (κ2) is 6.58. The Balaban J connectivity index is 2.47. The Morgan fingerprint density at radius 2 is 2.15 bits per heavy atom. The molecule has 0 amide bonds. The van der Waals surface area contributed by atoms with Crippen LogP contribution in [-0.4, -0.2) is 18.1 Å². The van der Waals surface area contributed by atoms with E-state index in [1.165, 1.54) is 0 Å². The number of halogens is 1. The summed E-state index contributed by atoms with van der Waals surface area (Å²) in [7, 11) is 0. The third-order valence-electron chi connectivity index (χ3n) is 3.32. The molecule has 0 aliphatic heterocycles. The van der Waals surface area contributed by atoms with E-state index in [0.717, 1.165) is 28.8 Å². The first kappa shape index (κ1) is 14.6. The van der Waals surface area contributed by atoms with E-state index < -0.39 is 0 Å². The van der Waals surface area contributed by atoms with Gasteiger partial charge >= 0.3 is 0 Å². The molecular formula is C16H18ClN3. The summed E-state index contributed by atoms with van der Waals surface area (Å²) in [6.07, 6.45) is 0. The first-order chi connectivity index (χ1) is 9.69. The van der Waals surface area contributed by atoms with Crippen LogP contribution >= 0.6 is 11.6 Å². The van der Waals surface area contributed by atoms with Gasteiger partial charge in [0.25, 0.3) is 0 Å². The van der Waals surface area contributed by atoms with Gasteiger partial charge in [-0.3, -0.25) is 0 Å². The zero-order valence-electron chi connectivity index (χ0n) is 11.8. The maximum Gasteiger partial charge on any atom is 0.133 e. The van der Waals surface area contributed by atoms with E-state index in [4.69, 9.17) is 21.8 Å². The zero-order chi connectivity index (χ0) is 14.5. The Hall–Kier alpha value is -1.79. The highest BCUT2D eigenvalue weighted by Crippen LogP contribution is 2.25. The molecule has 0 N–H and O–H groups in total. The van der Waals surface area contributed by atoms with E-state index >= 15 is 0 Å². The fraction of sp³-hybridized carbons (Fsp3) is 0.375. The molecule has 0 aliphatic rings. The summed E-state index contributed by atoms with van der Waals surface area (Å²) in [6.45, 7) is 5.46. The molecule has 4 heteroatoms. The summed E-state index contributed by atoms with van der Waals surface area (Å²) in [4.78, 5) is 6.86. The van der Waals surface area contributed by atoms with Crippen LogP contribution in [0.15, 0.2) is 30.3 Å². The molecule has 3 nitrogen and oxygen atoms in total. The van der Waals surface area contributed by atoms with Crippen LogP contribution in [-0.2, 0) is 5.88 Å². The second-order valence-electron chi connectivity index (χ2n) is 4.87. The zero-order valence-corrected chi connectivity index (χ0v) is 12.6. The smallest absolute Gasteiger partial charge is 0.133 e. The summed E-state index contributed by atoms with van der Waals surface area (Å²) < 4.78 is 0. The van der Waals surface area contributed by atoms with Crippen molar-refractivity contribution in [1.82, 2.24) is 4.98 Å². The number of benzene rings is 1. The largest absolute Gasteiger partial charge is 0.355 e. The number of aromatic nitrogens is 1. The molecule has 2 rings (SSSR count). The summed E-state index contributed by atoms with van der Waals surface area (Å²) in [6, 6.07) is 12.4. The number of rotatable bonds is 5. The van der Waals surface area contributed by atoms with Crippen molar-refractivity contribution in [2.75, 3.05) is 18.0 Å². The molecule has 104 valence electrons. The van der Waals surface area contributed by atoms with Crippen molar-refractivity contribution in [3.05, 3.63) is 35.9 Å². The minimum atomic E-state index is -0.0357. The number of alkyl halides is 1. The van der Waals surface area contributed by atoms with Crippen molar-refractivity contribution in [1.29, 1.82) is 5.26 Å².